The van der Waals surface area contributed by atoms with Crippen molar-refractivity contribution in [3.05, 3.63) is 11.6 Å². The first kappa shape index (κ1) is 64.7. The Kier molecular flexibility index (Phi) is 18.1. The Hall–Kier alpha value is -1.79. The largest absolute Gasteiger partial charge is 0.465 e. The minimum absolute atomic E-state index is 0.00873. The summed E-state index contributed by atoms with van der Waals surface area (Å²) in [6.07, 6.45) is -33.4. The molecule has 486 valence electrons. The first-order valence-corrected chi connectivity index (χ1v) is 30.4. The third-order valence-corrected chi connectivity index (χ3v) is 23.4. The maximum atomic E-state index is 13.4. The SMILES string of the molecule is CC1(C)[C@@H](O[C@@H]2OC[C@H](O[C@@H]3O[C@H](CO)[C@@H](O[C@@H]4O[C@H](CO)[C@@H](O)[C@H](O)[C@H]4O)[C@@H](O)[C@H]3O[C@@H]3OC[C@H](O)[C@H](O)[C@H]3O)[C@H](O)[C@H]2O[C@@H]2O[C@H](CO)[C@@H](O)[C@H](O)[C@H]2O)CC[C@]2(C)[C@H]3CC=C4[C@@H]5C[C@]6(C)CC[C@]5(COC6=O)[C@H](O)C[C@@]4(C)[C@]3(C)CC[C@@H]12. The molecular weight excluding hydrogens is 1130 g/mol. The first-order chi connectivity index (χ1) is 40.0. The number of rotatable bonds is 13. The molecule has 5 aliphatic carbocycles. The van der Waals surface area contributed by atoms with Gasteiger partial charge in [0.1, 0.15) is 110 Å². The van der Waals surface area contributed by atoms with E-state index in [9.17, 15) is 81.4 Å². The molecule has 12 rings (SSSR count). The summed E-state index contributed by atoms with van der Waals surface area (Å²) in [6, 6.07) is 0. The van der Waals surface area contributed by atoms with Crippen molar-refractivity contribution in [2.75, 3.05) is 39.6 Å². The van der Waals surface area contributed by atoms with Crippen LogP contribution in [-0.4, -0.2) is 276 Å². The average molecular weight is 1220 g/mol. The topological polar surface area (TPSA) is 422 Å². The zero-order valence-electron chi connectivity index (χ0n) is 49.0. The van der Waals surface area contributed by atoms with Crippen molar-refractivity contribution in [3.63, 3.8) is 0 Å². The molecule has 11 fully saturated rings. The van der Waals surface area contributed by atoms with Crippen LogP contribution in [0, 0.1) is 50.2 Å². The number of hydrogen-bond acceptors (Lipinski definition) is 27. The van der Waals surface area contributed by atoms with E-state index in [0.29, 0.717) is 32.1 Å². The zero-order chi connectivity index (χ0) is 61.4. The minimum Gasteiger partial charge on any atom is -0.465 e. The van der Waals surface area contributed by atoms with Crippen molar-refractivity contribution >= 4 is 5.97 Å². The number of fused-ring (bicyclic) bond motifs is 8. The lowest BCUT2D eigenvalue weighted by atomic mass is 9.33. The Balaban J connectivity index is 0.856. The van der Waals surface area contributed by atoms with Crippen molar-refractivity contribution < 1.29 is 133 Å². The third kappa shape index (κ3) is 10.4. The fourth-order valence-corrected chi connectivity index (χ4v) is 18.0. The van der Waals surface area contributed by atoms with Gasteiger partial charge in [0.25, 0.3) is 0 Å². The second-order valence-corrected chi connectivity index (χ2v) is 28.2. The van der Waals surface area contributed by atoms with Crippen molar-refractivity contribution in [2.24, 2.45) is 50.2 Å². The summed E-state index contributed by atoms with van der Waals surface area (Å²) < 4.78 is 67.0. The molecule has 0 amide bonds. The summed E-state index contributed by atoms with van der Waals surface area (Å²) in [6.45, 7) is 9.96. The van der Waals surface area contributed by atoms with Gasteiger partial charge in [-0.1, -0.05) is 46.3 Å². The molecule has 12 aliphatic rings. The van der Waals surface area contributed by atoms with Gasteiger partial charge in [0.2, 0.25) is 0 Å². The quantitative estimate of drug-likeness (QED) is 0.0475. The monoisotopic (exact) mass is 1220 g/mol. The summed E-state index contributed by atoms with van der Waals surface area (Å²) in [7, 11) is 0. The van der Waals surface area contributed by atoms with E-state index < -0.39 is 203 Å². The van der Waals surface area contributed by atoms with Crippen LogP contribution in [0.25, 0.3) is 0 Å². The lowest BCUT2D eigenvalue weighted by molar-refractivity contribution is -0.402. The maximum absolute atomic E-state index is 13.4. The number of carbonyl (C=O) groups is 1. The van der Waals surface area contributed by atoms with Crippen LogP contribution in [-0.2, 0) is 56.9 Å². The highest BCUT2D eigenvalue weighted by atomic mass is 16.8. The van der Waals surface area contributed by atoms with Crippen LogP contribution in [0.2, 0.25) is 0 Å². The van der Waals surface area contributed by atoms with Gasteiger partial charge in [0.15, 0.2) is 31.5 Å². The van der Waals surface area contributed by atoms with Crippen molar-refractivity contribution in [1.82, 2.24) is 0 Å². The average Bonchev–Trinajstić information content (AvgIpc) is 1.52. The van der Waals surface area contributed by atoms with E-state index in [1.807, 2.05) is 6.92 Å². The van der Waals surface area contributed by atoms with Crippen LogP contribution in [0.15, 0.2) is 11.6 Å². The van der Waals surface area contributed by atoms with E-state index in [4.69, 9.17) is 52.1 Å². The van der Waals surface area contributed by atoms with Crippen LogP contribution in [0.3, 0.4) is 0 Å². The zero-order valence-corrected chi connectivity index (χ0v) is 49.0. The van der Waals surface area contributed by atoms with E-state index in [2.05, 4.69) is 40.7 Å². The van der Waals surface area contributed by atoms with Crippen LogP contribution in [0.1, 0.15) is 99.3 Å². The van der Waals surface area contributed by atoms with Crippen LogP contribution in [0.4, 0.5) is 0 Å². The number of carbonyl (C=O) groups excluding carboxylic acids is 1. The van der Waals surface area contributed by atoms with Gasteiger partial charge in [0.05, 0.1) is 57.3 Å². The lowest BCUT2D eigenvalue weighted by Gasteiger charge is -2.71. The summed E-state index contributed by atoms with van der Waals surface area (Å²) in [5, 5.41) is 164. The highest BCUT2D eigenvalue weighted by Crippen LogP contribution is 2.76. The van der Waals surface area contributed by atoms with Gasteiger partial charge in [-0.05, 0) is 104 Å². The van der Waals surface area contributed by atoms with Gasteiger partial charge in [-0.25, -0.2) is 0 Å². The predicted molar refractivity (Wildman–Crippen MR) is 283 cm³/mol. The Morgan fingerprint density at radius 2 is 1.11 bits per heavy atom. The van der Waals surface area contributed by atoms with Gasteiger partial charge in [-0.3, -0.25) is 4.79 Å². The van der Waals surface area contributed by atoms with Gasteiger partial charge < -0.3 is 129 Å². The lowest BCUT2D eigenvalue weighted by Crippen LogP contribution is -2.68. The van der Waals surface area contributed by atoms with E-state index >= 15 is 0 Å². The van der Waals surface area contributed by atoms with Gasteiger partial charge in [-0.2, -0.15) is 0 Å². The smallest absolute Gasteiger partial charge is 0.311 e. The molecule has 1 spiro atoms. The molecule has 0 radical (unpaired) electrons. The van der Waals surface area contributed by atoms with Gasteiger partial charge in [-0.15, -0.1) is 0 Å². The Morgan fingerprint density at radius 1 is 0.529 bits per heavy atom. The van der Waals surface area contributed by atoms with Crippen molar-refractivity contribution in [2.45, 2.75) is 253 Å². The van der Waals surface area contributed by atoms with Gasteiger partial charge in [0, 0.05) is 5.41 Å². The third-order valence-electron chi connectivity index (χ3n) is 23.4. The molecule has 7 saturated heterocycles. The standard InChI is InChI=1S/C58H92O27/c1-53(2)30-9-12-56(5)31(8-7-23-24-15-54(3)13-14-58(24,22-77-52(54)74)32(63)16-57(23,56)6)55(30,4)11-10-33(53)82-50-45(85-49-42(72)39(69)36(66)27(18-60)79-49)37(67)29(21-76-50)81-51-46(84-47-40(70)34(64)25(62)20-75-47)43(73)44(28(19-61)80-51)83-48-41(71)38(68)35(65)26(17-59)78-48/h7,24-51,59-73H,8-22H2,1-6H3/t24-,25-,26+,27+,28+,29-,30-,31+,32+,33-,34-,35+,36+,37-,38-,39-,40+,41+,42+,43+,44+,45+,46+,47-,48-,49-,50-,51-,54-,55-,56+,57+,58+/m0/s1. The molecule has 15 N–H and O–H groups in total. The first-order valence-electron chi connectivity index (χ1n) is 30.4. The van der Waals surface area contributed by atoms with E-state index in [-0.39, 0.29) is 46.6 Å². The predicted octanol–water partition coefficient (Wildman–Crippen LogP) is -3.94. The molecule has 0 aromatic heterocycles. The molecule has 0 unspecified atom stereocenters. The summed E-state index contributed by atoms with van der Waals surface area (Å²) in [4.78, 5) is 13.4. The van der Waals surface area contributed by atoms with Crippen LogP contribution < -0.4 is 0 Å². The molecule has 2 bridgehead atoms. The highest BCUT2D eigenvalue weighted by Gasteiger charge is 2.72. The number of aliphatic hydroxyl groups is 15. The second-order valence-electron chi connectivity index (χ2n) is 28.2. The Labute approximate surface area is 492 Å². The second kappa shape index (κ2) is 23.7. The molecule has 0 aromatic rings. The molecule has 0 aromatic carbocycles. The van der Waals surface area contributed by atoms with E-state index in [1.54, 1.807) is 0 Å². The van der Waals surface area contributed by atoms with Crippen LogP contribution >= 0.6 is 0 Å². The Bertz CT molecular complexity index is 2400. The molecule has 85 heavy (non-hydrogen) atoms. The molecule has 27 heteroatoms. The summed E-state index contributed by atoms with van der Waals surface area (Å²) >= 11 is 0. The van der Waals surface area contributed by atoms with Gasteiger partial charge >= 0.3 is 5.97 Å². The van der Waals surface area contributed by atoms with E-state index in [1.165, 1.54) is 5.57 Å². The minimum atomic E-state index is -2.04. The molecular formula is C58H92O27. The van der Waals surface area contributed by atoms with Crippen LogP contribution in [0.5, 0.6) is 0 Å². The molecule has 33 atom stereocenters. The molecule has 7 aliphatic heterocycles. The highest BCUT2D eigenvalue weighted by molar-refractivity contribution is 5.77. The molecule has 4 saturated carbocycles. The normalized spacial score (nSPS) is 55.9. The van der Waals surface area contributed by atoms with E-state index in [0.717, 1.165) is 25.7 Å². The Morgan fingerprint density at radius 3 is 1.74 bits per heavy atom. The fraction of sp³-hybridized carbons (Fsp3) is 0.948. The van der Waals surface area contributed by atoms with Crippen molar-refractivity contribution in [1.29, 1.82) is 0 Å². The fourth-order valence-electron chi connectivity index (χ4n) is 18.0. The maximum Gasteiger partial charge on any atom is 0.311 e. The summed E-state index contributed by atoms with van der Waals surface area (Å²) in [5.74, 6) is 0.0889. The number of esters is 1. The number of ether oxygens (including phenoxy) is 11. The number of allylic oxidation sites excluding steroid dienone is 2. The molecule has 7 heterocycles. The van der Waals surface area contributed by atoms with Crippen molar-refractivity contribution in [3.8, 4) is 0 Å². The molecule has 27 nitrogen and oxygen atoms in total. The number of hydrogen-bond donors (Lipinski definition) is 15. The summed E-state index contributed by atoms with van der Waals surface area (Å²) in [5.41, 5.74) is -1.21. The number of aliphatic hydroxyl groups excluding tert-OH is 15.